The third-order valence-corrected chi connectivity index (χ3v) is 6.01. The predicted molar refractivity (Wildman–Crippen MR) is 114 cm³/mol. The van der Waals surface area contributed by atoms with Gasteiger partial charge in [-0.25, -0.2) is 4.39 Å². The number of halogens is 2. The summed E-state index contributed by atoms with van der Waals surface area (Å²) in [6.07, 6.45) is 4.30. The van der Waals surface area contributed by atoms with Crippen LogP contribution in [0.25, 0.3) is 10.9 Å². The molecule has 0 aliphatic heterocycles. The molecule has 3 aromatic rings. The molecule has 1 unspecified atom stereocenters. The Kier molecular flexibility index (Phi) is 5.91. The van der Waals surface area contributed by atoms with Crippen LogP contribution in [-0.4, -0.2) is 17.1 Å². The van der Waals surface area contributed by atoms with Gasteiger partial charge >= 0.3 is 5.97 Å². The van der Waals surface area contributed by atoms with Gasteiger partial charge in [-0.1, -0.05) is 30.2 Å². The first-order valence-corrected chi connectivity index (χ1v) is 10.6. The highest BCUT2D eigenvalue weighted by atomic mass is 35.5. The lowest BCUT2D eigenvalue weighted by Crippen LogP contribution is -2.15. The summed E-state index contributed by atoms with van der Waals surface area (Å²) < 4.78 is 21.6. The number of benzene rings is 2. The third kappa shape index (κ3) is 4.18. The highest BCUT2D eigenvalue weighted by Crippen LogP contribution is 2.40. The maximum atomic E-state index is 14.1. The van der Waals surface area contributed by atoms with Gasteiger partial charge in [-0.3, -0.25) is 4.79 Å². The number of aryl methyl sites for hydroxylation is 1. The number of hydrogen-bond acceptors (Lipinski definition) is 2. The number of ether oxygens (including phenoxy) is 1. The van der Waals surface area contributed by atoms with E-state index in [1.807, 2.05) is 37.3 Å². The molecule has 0 bridgehead atoms. The Morgan fingerprint density at radius 3 is 2.76 bits per heavy atom. The molecule has 0 N–H and O–H groups in total. The lowest BCUT2D eigenvalue weighted by atomic mass is 9.94. The van der Waals surface area contributed by atoms with E-state index in [9.17, 15) is 9.18 Å². The van der Waals surface area contributed by atoms with Crippen molar-refractivity contribution in [1.29, 1.82) is 0 Å². The minimum atomic E-state index is -0.227. The first-order chi connectivity index (χ1) is 14.1. The van der Waals surface area contributed by atoms with Crippen molar-refractivity contribution < 1.29 is 13.9 Å². The van der Waals surface area contributed by atoms with Crippen molar-refractivity contribution in [3.63, 3.8) is 0 Å². The summed E-state index contributed by atoms with van der Waals surface area (Å²) in [6, 6.07) is 12.8. The molecule has 1 aromatic heterocycles. The summed E-state index contributed by atoms with van der Waals surface area (Å²) in [5.41, 5.74) is 4.48. The fraction of sp³-hybridized carbons (Fsp3) is 0.375. The Bertz CT molecular complexity index is 1030. The molecule has 152 valence electrons. The molecule has 2 aromatic carbocycles. The van der Waals surface area contributed by atoms with Crippen molar-refractivity contribution in [3.8, 4) is 0 Å². The average Bonchev–Trinajstić information content (AvgIpc) is 2.84. The lowest BCUT2D eigenvalue weighted by molar-refractivity contribution is -0.143. The summed E-state index contributed by atoms with van der Waals surface area (Å²) in [7, 11) is 0. The molecule has 0 radical (unpaired) electrons. The highest BCUT2D eigenvalue weighted by Gasteiger charge is 2.28. The fourth-order valence-corrected chi connectivity index (χ4v) is 4.66. The smallest absolute Gasteiger partial charge is 0.306 e. The van der Waals surface area contributed by atoms with E-state index in [1.54, 1.807) is 6.07 Å². The maximum Gasteiger partial charge on any atom is 0.306 e. The Labute approximate surface area is 175 Å². The van der Waals surface area contributed by atoms with Crippen LogP contribution in [0.3, 0.4) is 0 Å². The molecule has 1 aliphatic rings. The Hall–Kier alpha value is -2.33. The average molecular weight is 414 g/mol. The van der Waals surface area contributed by atoms with E-state index in [4.69, 9.17) is 16.3 Å². The zero-order valence-electron chi connectivity index (χ0n) is 16.6. The van der Waals surface area contributed by atoms with Gasteiger partial charge in [0.2, 0.25) is 0 Å². The topological polar surface area (TPSA) is 31.2 Å². The van der Waals surface area contributed by atoms with E-state index in [0.717, 1.165) is 47.8 Å². The number of fused-ring (bicyclic) bond motifs is 3. The predicted octanol–water partition coefficient (Wildman–Crippen LogP) is 6.25. The van der Waals surface area contributed by atoms with Crippen LogP contribution in [0.2, 0.25) is 5.02 Å². The summed E-state index contributed by atoms with van der Waals surface area (Å²) in [5, 5.41) is 1.66. The van der Waals surface area contributed by atoms with Crippen molar-refractivity contribution in [2.24, 2.45) is 0 Å². The van der Waals surface area contributed by atoms with Crippen molar-refractivity contribution in [2.45, 2.75) is 51.5 Å². The van der Waals surface area contributed by atoms with Crippen LogP contribution in [0.4, 0.5) is 4.39 Å². The molecule has 0 saturated carbocycles. The van der Waals surface area contributed by atoms with E-state index < -0.39 is 0 Å². The number of carbonyl (C=O) groups is 1. The maximum absolute atomic E-state index is 14.1. The van der Waals surface area contributed by atoms with Gasteiger partial charge in [0.15, 0.2) is 0 Å². The van der Waals surface area contributed by atoms with Gasteiger partial charge in [0.05, 0.1) is 13.0 Å². The molecule has 1 heterocycles. The minimum absolute atomic E-state index is 0.0781. The summed E-state index contributed by atoms with van der Waals surface area (Å²) >= 11 is 6.05. The monoisotopic (exact) mass is 413 g/mol. The van der Waals surface area contributed by atoms with Gasteiger partial charge in [0.1, 0.15) is 5.82 Å². The van der Waals surface area contributed by atoms with E-state index >= 15 is 0 Å². The molecule has 5 heteroatoms. The van der Waals surface area contributed by atoms with E-state index in [0.29, 0.717) is 24.6 Å². The quantitative estimate of drug-likeness (QED) is 0.366. The van der Waals surface area contributed by atoms with Crippen molar-refractivity contribution in [3.05, 3.63) is 70.1 Å². The first-order valence-electron chi connectivity index (χ1n) is 10.3. The summed E-state index contributed by atoms with van der Waals surface area (Å²) in [6.45, 7) is 2.88. The van der Waals surface area contributed by atoms with Crippen LogP contribution >= 0.6 is 11.6 Å². The molecule has 0 amide bonds. The van der Waals surface area contributed by atoms with Gasteiger partial charge in [0.25, 0.3) is 0 Å². The number of rotatable bonds is 5. The van der Waals surface area contributed by atoms with Gasteiger partial charge in [0, 0.05) is 34.1 Å². The van der Waals surface area contributed by atoms with Gasteiger partial charge in [-0.2, -0.15) is 0 Å². The largest absolute Gasteiger partial charge is 0.466 e. The van der Waals surface area contributed by atoms with Crippen LogP contribution < -0.4 is 0 Å². The van der Waals surface area contributed by atoms with Crippen LogP contribution in [0, 0.1) is 5.82 Å². The molecule has 0 spiro atoms. The molecule has 0 saturated heterocycles. The van der Waals surface area contributed by atoms with Crippen molar-refractivity contribution in [1.82, 2.24) is 4.57 Å². The molecule has 1 aliphatic carbocycles. The molecule has 29 heavy (non-hydrogen) atoms. The number of esters is 1. The Morgan fingerprint density at radius 1 is 1.21 bits per heavy atom. The number of aromatic nitrogens is 1. The fourth-order valence-electron chi connectivity index (χ4n) is 4.54. The SMILES string of the molecule is CCOC(=O)CC1CCCCc2c1n(Cc1ccc(Cl)cc1)c1ccc(F)cc21. The molecule has 3 nitrogen and oxygen atoms in total. The third-order valence-electron chi connectivity index (χ3n) is 5.76. The van der Waals surface area contributed by atoms with Crippen LogP contribution in [0.15, 0.2) is 42.5 Å². The number of hydrogen-bond donors (Lipinski definition) is 0. The van der Waals surface area contributed by atoms with Crippen LogP contribution in [0.1, 0.15) is 55.3 Å². The molecule has 4 rings (SSSR count). The van der Waals surface area contributed by atoms with E-state index in [1.165, 1.54) is 11.6 Å². The number of carbonyl (C=O) groups excluding carboxylic acids is 1. The second kappa shape index (κ2) is 8.58. The zero-order valence-corrected chi connectivity index (χ0v) is 17.3. The number of nitrogens with zero attached hydrogens (tertiary/aromatic N) is 1. The zero-order chi connectivity index (χ0) is 20.4. The van der Waals surface area contributed by atoms with Gasteiger partial charge in [-0.15, -0.1) is 0 Å². The van der Waals surface area contributed by atoms with E-state index in [2.05, 4.69) is 4.57 Å². The van der Waals surface area contributed by atoms with Crippen molar-refractivity contribution in [2.75, 3.05) is 6.61 Å². The standard InChI is InChI=1S/C24H25ClFNO2/c1-2-29-23(28)13-17-5-3-4-6-20-21-14-19(26)11-12-22(21)27(24(17)20)15-16-7-9-18(25)10-8-16/h7-12,14,17H,2-6,13,15H2,1H3. The lowest BCUT2D eigenvalue weighted by Gasteiger charge is -2.20. The summed E-state index contributed by atoms with van der Waals surface area (Å²) in [4.78, 5) is 12.3. The second-order valence-electron chi connectivity index (χ2n) is 7.69. The van der Waals surface area contributed by atoms with Crippen LogP contribution in [0.5, 0.6) is 0 Å². The molecular formula is C24H25ClFNO2. The normalized spacial score (nSPS) is 16.4. The highest BCUT2D eigenvalue weighted by molar-refractivity contribution is 6.30. The second-order valence-corrected chi connectivity index (χ2v) is 8.13. The Balaban J connectivity index is 1.85. The van der Waals surface area contributed by atoms with E-state index in [-0.39, 0.29) is 17.7 Å². The van der Waals surface area contributed by atoms with Gasteiger partial charge < -0.3 is 9.30 Å². The molecular weight excluding hydrogens is 389 g/mol. The Morgan fingerprint density at radius 2 is 2.00 bits per heavy atom. The summed E-state index contributed by atoms with van der Waals surface area (Å²) in [5.74, 6) is -0.315. The minimum Gasteiger partial charge on any atom is -0.466 e. The van der Waals surface area contributed by atoms with Crippen molar-refractivity contribution >= 4 is 28.5 Å². The molecule has 0 fully saturated rings. The van der Waals surface area contributed by atoms with Crippen LogP contribution in [-0.2, 0) is 22.5 Å². The first kappa shape index (κ1) is 20.0. The van der Waals surface area contributed by atoms with Gasteiger partial charge in [-0.05, 0) is 67.6 Å². The molecule has 1 atom stereocenters.